The van der Waals surface area contributed by atoms with Crippen molar-refractivity contribution in [1.29, 1.82) is 0 Å². The number of hydrogen-bond donors (Lipinski definition) is 1. The largest absolute Gasteiger partial charge is 0.383 e. The van der Waals surface area contributed by atoms with Gasteiger partial charge in [0, 0.05) is 24.7 Å². The molecule has 1 aliphatic heterocycles. The number of rotatable bonds is 5. The lowest BCUT2D eigenvalue weighted by molar-refractivity contribution is -0.133. The highest BCUT2D eigenvalue weighted by atomic mass is 16.2. The summed E-state index contributed by atoms with van der Waals surface area (Å²) in [4.78, 5) is 27.6. The number of Topliss-reactive ketones (excluding diaryl/α,β-unsaturated/α-hetero) is 1. The van der Waals surface area contributed by atoms with Gasteiger partial charge in [-0.05, 0) is 51.8 Å². The van der Waals surface area contributed by atoms with Gasteiger partial charge in [-0.3, -0.25) is 14.3 Å². The smallest absolute Gasteiger partial charge is 0.244 e. The van der Waals surface area contributed by atoms with Gasteiger partial charge in [0.2, 0.25) is 5.91 Å². The Hall–Kier alpha value is -3.42. The van der Waals surface area contributed by atoms with Crippen LogP contribution in [-0.2, 0) is 11.3 Å². The Kier molecular flexibility index (Phi) is 5.63. The Morgan fingerprint density at radius 2 is 1.77 bits per heavy atom. The van der Waals surface area contributed by atoms with Crippen molar-refractivity contribution in [2.45, 2.75) is 40.2 Å². The molecule has 8 heteroatoms. The highest BCUT2D eigenvalue weighted by molar-refractivity contribution is 6.01. The van der Waals surface area contributed by atoms with Gasteiger partial charge >= 0.3 is 0 Å². The normalized spacial score (nSPS) is 14.7. The Balaban J connectivity index is 1.39. The molecular formula is C23H28N6O2. The topological polar surface area (TPSA) is 99.0 Å². The van der Waals surface area contributed by atoms with Crippen molar-refractivity contribution >= 4 is 17.5 Å². The van der Waals surface area contributed by atoms with Crippen molar-refractivity contribution < 1.29 is 9.59 Å². The quantitative estimate of drug-likeness (QED) is 0.640. The summed E-state index contributed by atoms with van der Waals surface area (Å²) < 4.78 is 3.33. The van der Waals surface area contributed by atoms with Crippen LogP contribution in [0.5, 0.6) is 0 Å². The number of aromatic nitrogens is 4. The number of aryl methyl sites for hydroxylation is 3. The highest BCUT2D eigenvalue weighted by Crippen LogP contribution is 2.26. The van der Waals surface area contributed by atoms with Gasteiger partial charge in [-0.15, -0.1) is 0 Å². The molecule has 0 unspecified atom stereocenters. The second-order valence-corrected chi connectivity index (χ2v) is 8.29. The van der Waals surface area contributed by atoms with E-state index in [1.807, 2.05) is 56.0 Å². The molecule has 0 saturated carbocycles. The summed E-state index contributed by atoms with van der Waals surface area (Å²) in [7, 11) is 0. The number of piperidine rings is 1. The molecule has 1 saturated heterocycles. The summed E-state index contributed by atoms with van der Waals surface area (Å²) in [5.41, 5.74) is 10.6. The van der Waals surface area contributed by atoms with Crippen molar-refractivity contribution in [3.63, 3.8) is 0 Å². The van der Waals surface area contributed by atoms with E-state index in [2.05, 4.69) is 10.2 Å². The molecule has 2 aromatic heterocycles. The molecule has 31 heavy (non-hydrogen) atoms. The second kappa shape index (κ2) is 8.37. The van der Waals surface area contributed by atoms with E-state index in [0.717, 1.165) is 22.6 Å². The first-order valence-electron chi connectivity index (χ1n) is 10.6. The fraction of sp³-hybridized carbons (Fsp3) is 0.391. The zero-order valence-electron chi connectivity index (χ0n) is 18.2. The average molecular weight is 421 g/mol. The van der Waals surface area contributed by atoms with Gasteiger partial charge in [-0.2, -0.15) is 10.2 Å². The van der Waals surface area contributed by atoms with Gasteiger partial charge < -0.3 is 10.6 Å². The third-order valence-corrected chi connectivity index (χ3v) is 5.96. The molecule has 1 fully saturated rings. The first-order chi connectivity index (χ1) is 14.8. The van der Waals surface area contributed by atoms with Crippen molar-refractivity contribution in [1.82, 2.24) is 24.5 Å². The van der Waals surface area contributed by atoms with Crippen molar-refractivity contribution in [2.75, 3.05) is 18.8 Å². The van der Waals surface area contributed by atoms with Crippen LogP contribution >= 0.6 is 0 Å². The summed E-state index contributed by atoms with van der Waals surface area (Å²) in [5, 5.41) is 8.69. The predicted octanol–water partition coefficient (Wildman–Crippen LogP) is 2.70. The lowest BCUT2D eigenvalue weighted by Gasteiger charge is -2.31. The molecular weight excluding hydrogens is 392 g/mol. The number of nitrogen functional groups attached to an aromatic ring is 1. The van der Waals surface area contributed by atoms with Crippen molar-refractivity contribution in [3.8, 4) is 5.69 Å². The van der Waals surface area contributed by atoms with Crippen molar-refractivity contribution in [3.05, 3.63) is 59.0 Å². The molecule has 0 aliphatic carbocycles. The minimum Gasteiger partial charge on any atom is -0.383 e. The van der Waals surface area contributed by atoms with E-state index in [1.165, 1.54) is 0 Å². The van der Waals surface area contributed by atoms with Crippen LogP contribution in [-0.4, -0.2) is 49.2 Å². The predicted molar refractivity (Wildman–Crippen MR) is 118 cm³/mol. The first kappa shape index (κ1) is 20.8. The average Bonchev–Trinajstić information content (AvgIpc) is 3.29. The van der Waals surface area contributed by atoms with E-state index in [1.54, 1.807) is 15.6 Å². The van der Waals surface area contributed by atoms with Crippen LogP contribution in [0.25, 0.3) is 5.69 Å². The minimum atomic E-state index is -0.157. The number of hydrogen-bond acceptors (Lipinski definition) is 5. The van der Waals surface area contributed by atoms with Gasteiger partial charge in [-0.25, -0.2) is 4.68 Å². The molecule has 0 spiro atoms. The number of benzene rings is 1. The van der Waals surface area contributed by atoms with Crippen LogP contribution in [0.1, 0.15) is 40.2 Å². The second-order valence-electron chi connectivity index (χ2n) is 8.29. The number of anilines is 1. The number of likely N-dealkylation sites (tertiary alicyclic amines) is 1. The van der Waals surface area contributed by atoms with Crippen LogP contribution in [0.3, 0.4) is 0 Å². The molecule has 3 aromatic rings. The van der Waals surface area contributed by atoms with Gasteiger partial charge in [0.05, 0.1) is 23.1 Å². The van der Waals surface area contributed by atoms with E-state index in [9.17, 15) is 9.59 Å². The maximum Gasteiger partial charge on any atom is 0.244 e. The number of carbonyl (C=O) groups excluding carboxylic acids is 2. The number of amides is 1. The Morgan fingerprint density at radius 1 is 1.10 bits per heavy atom. The molecule has 2 N–H and O–H groups in total. The van der Waals surface area contributed by atoms with Crippen LogP contribution in [0, 0.1) is 26.7 Å². The number of ketones is 1. The van der Waals surface area contributed by atoms with Crippen LogP contribution in [0.15, 0.2) is 36.5 Å². The van der Waals surface area contributed by atoms with E-state index in [4.69, 9.17) is 5.73 Å². The maximum atomic E-state index is 13.1. The van der Waals surface area contributed by atoms with Gasteiger partial charge in [0.15, 0.2) is 5.78 Å². The molecule has 0 bridgehead atoms. The summed E-state index contributed by atoms with van der Waals surface area (Å²) in [6.45, 7) is 7.21. The van der Waals surface area contributed by atoms with Crippen LogP contribution in [0.4, 0.5) is 5.82 Å². The SMILES string of the molecule is Cc1ccc(-n2ncc(C(=O)C3CCN(C(=O)Cn4nc(C)cc4C)CC3)c2N)cc1. The molecule has 1 aliphatic rings. The lowest BCUT2D eigenvalue weighted by atomic mass is 9.89. The zero-order chi connectivity index (χ0) is 22.1. The lowest BCUT2D eigenvalue weighted by Crippen LogP contribution is -2.42. The molecule has 8 nitrogen and oxygen atoms in total. The first-order valence-corrected chi connectivity index (χ1v) is 10.6. The van der Waals surface area contributed by atoms with Crippen LogP contribution < -0.4 is 5.73 Å². The van der Waals surface area contributed by atoms with E-state index >= 15 is 0 Å². The molecule has 0 radical (unpaired) electrons. The standard InChI is InChI=1S/C23H28N6O2/c1-15-4-6-19(7-5-15)29-23(24)20(13-25-29)22(31)18-8-10-27(11-9-18)21(30)14-28-17(3)12-16(2)26-28/h4-7,12-13,18H,8-11,14,24H2,1-3H3. The van der Waals surface area contributed by atoms with E-state index in [0.29, 0.717) is 37.3 Å². The van der Waals surface area contributed by atoms with Gasteiger partial charge in [0.1, 0.15) is 12.4 Å². The molecule has 0 atom stereocenters. The molecule has 3 heterocycles. The molecule has 4 rings (SSSR count). The third kappa shape index (κ3) is 4.23. The fourth-order valence-corrected chi connectivity index (χ4v) is 4.11. The highest BCUT2D eigenvalue weighted by Gasteiger charge is 2.30. The fourth-order valence-electron chi connectivity index (χ4n) is 4.11. The van der Waals surface area contributed by atoms with E-state index < -0.39 is 0 Å². The Labute approximate surface area is 181 Å². The monoisotopic (exact) mass is 420 g/mol. The van der Waals surface area contributed by atoms with Gasteiger partial charge in [0.25, 0.3) is 0 Å². The van der Waals surface area contributed by atoms with Gasteiger partial charge in [-0.1, -0.05) is 17.7 Å². The van der Waals surface area contributed by atoms with Crippen molar-refractivity contribution in [2.24, 2.45) is 5.92 Å². The molecule has 1 amide bonds. The number of nitrogens with zero attached hydrogens (tertiary/aromatic N) is 5. The molecule has 1 aromatic carbocycles. The van der Waals surface area contributed by atoms with E-state index in [-0.39, 0.29) is 24.2 Å². The Morgan fingerprint density at radius 3 is 2.39 bits per heavy atom. The summed E-state index contributed by atoms with van der Waals surface area (Å²) in [5.74, 6) is 0.234. The number of nitrogens with two attached hydrogens (primary N) is 1. The summed E-state index contributed by atoms with van der Waals surface area (Å²) in [6.07, 6.45) is 2.80. The summed E-state index contributed by atoms with van der Waals surface area (Å²) in [6, 6.07) is 9.78. The molecule has 162 valence electrons. The minimum absolute atomic E-state index is 0.00139. The Bertz CT molecular complexity index is 1100. The zero-order valence-corrected chi connectivity index (χ0v) is 18.2. The van der Waals surface area contributed by atoms with Crippen LogP contribution in [0.2, 0.25) is 0 Å². The maximum absolute atomic E-state index is 13.1. The summed E-state index contributed by atoms with van der Waals surface area (Å²) >= 11 is 0. The third-order valence-electron chi connectivity index (χ3n) is 5.96. The number of carbonyl (C=O) groups is 2.